The Morgan fingerprint density at radius 1 is 1.15 bits per heavy atom. The van der Waals surface area contributed by atoms with Crippen molar-refractivity contribution in [3.63, 3.8) is 0 Å². The van der Waals surface area contributed by atoms with Crippen LogP contribution in [0.4, 0.5) is 0 Å². The molecule has 3 unspecified atom stereocenters. The molecule has 2 rings (SSSR count). The summed E-state index contributed by atoms with van der Waals surface area (Å²) in [5, 5.41) is 3.82. The molecule has 1 fully saturated rings. The van der Waals surface area contributed by atoms with Crippen LogP contribution in [0, 0.1) is 5.92 Å². The Balaban J connectivity index is 1.93. The van der Waals surface area contributed by atoms with E-state index in [0.717, 1.165) is 11.7 Å². The molecule has 0 aromatic heterocycles. The van der Waals surface area contributed by atoms with Gasteiger partial charge in [0.25, 0.3) is 0 Å². The van der Waals surface area contributed by atoms with Crippen LogP contribution in [-0.4, -0.2) is 12.1 Å². The molecule has 1 aromatic rings. The first kappa shape index (κ1) is 15.4. The molecule has 1 N–H and O–H groups in total. The van der Waals surface area contributed by atoms with Crippen molar-refractivity contribution in [3.05, 3.63) is 29.8 Å². The second-order valence-electron chi connectivity index (χ2n) is 6.33. The highest BCUT2D eigenvalue weighted by Crippen LogP contribution is 2.30. The first-order valence-corrected chi connectivity index (χ1v) is 8.12. The van der Waals surface area contributed by atoms with Gasteiger partial charge in [0.2, 0.25) is 0 Å². The van der Waals surface area contributed by atoms with E-state index in [1.807, 2.05) is 0 Å². The van der Waals surface area contributed by atoms with E-state index in [-0.39, 0.29) is 6.10 Å². The third-order valence-corrected chi connectivity index (χ3v) is 4.40. The molecule has 2 nitrogen and oxygen atoms in total. The van der Waals surface area contributed by atoms with Gasteiger partial charge in [0.05, 0.1) is 6.10 Å². The highest BCUT2D eigenvalue weighted by molar-refractivity contribution is 5.29. The number of hydrogen-bond acceptors (Lipinski definition) is 2. The van der Waals surface area contributed by atoms with E-state index in [4.69, 9.17) is 4.74 Å². The van der Waals surface area contributed by atoms with Gasteiger partial charge in [-0.25, -0.2) is 0 Å². The second-order valence-corrected chi connectivity index (χ2v) is 6.33. The molecule has 0 bridgehead atoms. The normalized spacial score (nSPS) is 24.1. The van der Waals surface area contributed by atoms with Crippen LogP contribution in [0.2, 0.25) is 0 Å². The standard InChI is InChI=1S/C18H29NO/c1-5-15-7-6-8-18(15)19-14(4)16-9-11-17(12-10-16)20-13(2)3/h9-15,18-19H,5-8H2,1-4H3. The van der Waals surface area contributed by atoms with E-state index in [0.29, 0.717) is 12.1 Å². The SMILES string of the molecule is CCC1CCCC1NC(C)c1ccc(OC(C)C)cc1. The molecule has 1 aliphatic carbocycles. The van der Waals surface area contributed by atoms with Crippen LogP contribution < -0.4 is 10.1 Å². The smallest absolute Gasteiger partial charge is 0.119 e. The van der Waals surface area contributed by atoms with E-state index in [9.17, 15) is 0 Å². The van der Waals surface area contributed by atoms with E-state index in [2.05, 4.69) is 57.3 Å². The van der Waals surface area contributed by atoms with Gasteiger partial charge in [0, 0.05) is 12.1 Å². The van der Waals surface area contributed by atoms with Gasteiger partial charge in [0.1, 0.15) is 5.75 Å². The number of benzene rings is 1. The molecule has 1 saturated carbocycles. The number of hydrogen-bond donors (Lipinski definition) is 1. The van der Waals surface area contributed by atoms with Gasteiger partial charge in [-0.15, -0.1) is 0 Å². The van der Waals surface area contributed by atoms with Crippen molar-refractivity contribution in [1.29, 1.82) is 0 Å². The largest absolute Gasteiger partial charge is 0.491 e. The topological polar surface area (TPSA) is 21.3 Å². The minimum Gasteiger partial charge on any atom is -0.491 e. The van der Waals surface area contributed by atoms with E-state index in [1.54, 1.807) is 0 Å². The van der Waals surface area contributed by atoms with Crippen LogP contribution in [0.3, 0.4) is 0 Å². The summed E-state index contributed by atoms with van der Waals surface area (Å²) < 4.78 is 5.70. The Hall–Kier alpha value is -1.02. The maximum Gasteiger partial charge on any atom is 0.119 e. The first-order chi connectivity index (χ1) is 9.60. The van der Waals surface area contributed by atoms with Gasteiger partial charge in [-0.2, -0.15) is 0 Å². The third kappa shape index (κ3) is 3.99. The van der Waals surface area contributed by atoms with Gasteiger partial charge in [-0.05, 0) is 57.2 Å². The highest BCUT2D eigenvalue weighted by Gasteiger charge is 2.26. The van der Waals surface area contributed by atoms with Crippen LogP contribution in [0.5, 0.6) is 5.75 Å². The molecule has 0 saturated heterocycles. The van der Waals surface area contributed by atoms with Crippen LogP contribution in [0.25, 0.3) is 0 Å². The summed E-state index contributed by atoms with van der Waals surface area (Å²) >= 11 is 0. The van der Waals surface area contributed by atoms with Gasteiger partial charge < -0.3 is 10.1 Å². The lowest BCUT2D eigenvalue weighted by atomic mass is 9.98. The molecule has 20 heavy (non-hydrogen) atoms. The molecule has 112 valence electrons. The predicted molar refractivity (Wildman–Crippen MR) is 85.2 cm³/mol. The maximum absolute atomic E-state index is 5.70. The average molecular weight is 275 g/mol. The molecule has 0 amide bonds. The maximum atomic E-state index is 5.70. The molecule has 0 aliphatic heterocycles. The van der Waals surface area contributed by atoms with Crippen molar-refractivity contribution in [1.82, 2.24) is 5.32 Å². The number of ether oxygens (including phenoxy) is 1. The molecule has 1 aromatic carbocycles. The summed E-state index contributed by atoms with van der Waals surface area (Å²) in [5.74, 6) is 1.82. The van der Waals surface area contributed by atoms with Crippen molar-refractivity contribution in [2.75, 3.05) is 0 Å². The van der Waals surface area contributed by atoms with Crippen LogP contribution in [0.15, 0.2) is 24.3 Å². The number of rotatable bonds is 6. The summed E-state index contributed by atoms with van der Waals surface area (Å²) in [6, 6.07) is 9.65. The minimum absolute atomic E-state index is 0.236. The van der Waals surface area contributed by atoms with Crippen molar-refractivity contribution >= 4 is 0 Å². The van der Waals surface area contributed by atoms with Crippen LogP contribution in [-0.2, 0) is 0 Å². The van der Waals surface area contributed by atoms with Crippen molar-refractivity contribution < 1.29 is 4.74 Å². The molecule has 1 aliphatic rings. The molecule has 0 heterocycles. The summed E-state index contributed by atoms with van der Waals surface area (Å²) in [6.45, 7) is 8.70. The Labute approximate surface area is 123 Å². The average Bonchev–Trinajstić information content (AvgIpc) is 2.86. The molecule has 0 spiro atoms. The van der Waals surface area contributed by atoms with E-state index >= 15 is 0 Å². The molecule has 2 heteroatoms. The fraction of sp³-hybridized carbons (Fsp3) is 0.667. The summed E-state index contributed by atoms with van der Waals surface area (Å²) in [5.41, 5.74) is 1.35. The molecular weight excluding hydrogens is 246 g/mol. The molecule has 3 atom stereocenters. The monoisotopic (exact) mass is 275 g/mol. The van der Waals surface area contributed by atoms with Crippen molar-refractivity contribution in [2.24, 2.45) is 5.92 Å². The van der Waals surface area contributed by atoms with Crippen molar-refractivity contribution in [2.45, 2.75) is 71.6 Å². The fourth-order valence-corrected chi connectivity index (χ4v) is 3.27. The van der Waals surface area contributed by atoms with Crippen LogP contribution in [0.1, 0.15) is 65.0 Å². The quantitative estimate of drug-likeness (QED) is 0.812. The Bertz CT molecular complexity index is 398. The van der Waals surface area contributed by atoms with E-state index in [1.165, 1.54) is 31.2 Å². The zero-order valence-corrected chi connectivity index (χ0v) is 13.4. The second kappa shape index (κ2) is 7.12. The number of nitrogens with one attached hydrogen (secondary N) is 1. The Morgan fingerprint density at radius 2 is 1.85 bits per heavy atom. The first-order valence-electron chi connectivity index (χ1n) is 8.12. The van der Waals surface area contributed by atoms with Gasteiger partial charge in [-0.3, -0.25) is 0 Å². The third-order valence-electron chi connectivity index (χ3n) is 4.40. The van der Waals surface area contributed by atoms with Gasteiger partial charge in [-0.1, -0.05) is 31.9 Å². The Morgan fingerprint density at radius 3 is 2.45 bits per heavy atom. The minimum atomic E-state index is 0.236. The summed E-state index contributed by atoms with van der Waals surface area (Å²) in [4.78, 5) is 0. The van der Waals surface area contributed by atoms with Gasteiger partial charge in [0.15, 0.2) is 0 Å². The van der Waals surface area contributed by atoms with Crippen molar-refractivity contribution in [3.8, 4) is 5.75 Å². The van der Waals surface area contributed by atoms with Crippen LogP contribution >= 0.6 is 0 Å². The zero-order chi connectivity index (χ0) is 14.5. The lowest BCUT2D eigenvalue weighted by Gasteiger charge is -2.25. The lowest BCUT2D eigenvalue weighted by molar-refractivity contribution is 0.242. The summed E-state index contributed by atoms with van der Waals surface area (Å²) in [7, 11) is 0. The molecular formula is C18H29NO. The molecule has 0 radical (unpaired) electrons. The van der Waals surface area contributed by atoms with E-state index < -0.39 is 0 Å². The zero-order valence-electron chi connectivity index (χ0n) is 13.4. The predicted octanol–water partition coefficient (Wildman–Crippen LogP) is 4.70. The lowest BCUT2D eigenvalue weighted by Crippen LogP contribution is -2.34. The highest BCUT2D eigenvalue weighted by atomic mass is 16.5. The Kier molecular flexibility index (Phi) is 5.47. The summed E-state index contributed by atoms with van der Waals surface area (Å²) in [6.07, 6.45) is 5.63. The fourth-order valence-electron chi connectivity index (χ4n) is 3.27. The van der Waals surface area contributed by atoms with Gasteiger partial charge >= 0.3 is 0 Å².